The fraction of sp³-hybridized carbons (Fsp3) is 0.250. The number of hydrogen-bond donors (Lipinski definition) is 2. The van der Waals surface area contributed by atoms with E-state index in [-0.39, 0.29) is 17.9 Å². The SMILES string of the molecule is Cc1ccn(CCC(=O)Nc2cc(N)ccc2C)c(=O)c1. The molecule has 0 bridgehead atoms. The Bertz CT molecular complexity index is 720. The van der Waals surface area contributed by atoms with Crippen LogP contribution in [0.2, 0.25) is 0 Å². The third-order valence-electron chi connectivity index (χ3n) is 3.27. The summed E-state index contributed by atoms with van der Waals surface area (Å²) in [5.74, 6) is -0.142. The number of rotatable bonds is 4. The molecule has 5 heteroatoms. The summed E-state index contributed by atoms with van der Waals surface area (Å²) in [5, 5.41) is 2.82. The number of carbonyl (C=O) groups is 1. The lowest BCUT2D eigenvalue weighted by Crippen LogP contribution is -2.22. The van der Waals surface area contributed by atoms with Crippen LogP contribution < -0.4 is 16.6 Å². The number of aromatic nitrogens is 1. The maximum absolute atomic E-state index is 12.0. The van der Waals surface area contributed by atoms with E-state index < -0.39 is 0 Å². The Morgan fingerprint density at radius 1 is 1.24 bits per heavy atom. The van der Waals surface area contributed by atoms with Gasteiger partial charge in [0.1, 0.15) is 0 Å². The highest BCUT2D eigenvalue weighted by atomic mass is 16.1. The summed E-state index contributed by atoms with van der Waals surface area (Å²) < 4.78 is 1.53. The highest BCUT2D eigenvalue weighted by Crippen LogP contribution is 2.18. The van der Waals surface area contributed by atoms with Crippen molar-refractivity contribution >= 4 is 17.3 Å². The van der Waals surface area contributed by atoms with E-state index in [9.17, 15) is 9.59 Å². The van der Waals surface area contributed by atoms with Gasteiger partial charge in [-0.3, -0.25) is 9.59 Å². The first-order valence-corrected chi connectivity index (χ1v) is 6.79. The molecule has 0 fully saturated rings. The molecule has 0 aliphatic heterocycles. The van der Waals surface area contributed by atoms with Crippen LogP contribution in [0.15, 0.2) is 41.3 Å². The Kier molecular flexibility index (Phi) is 4.42. The maximum Gasteiger partial charge on any atom is 0.250 e. The standard InChI is InChI=1S/C16H19N3O2/c1-11-5-7-19(16(21)9-11)8-6-15(20)18-14-10-13(17)4-3-12(14)2/h3-5,7,9-10H,6,8,17H2,1-2H3,(H,18,20). The number of carbonyl (C=O) groups excluding carboxylic acids is 1. The van der Waals surface area contributed by atoms with Gasteiger partial charge in [-0.05, 0) is 43.2 Å². The number of benzene rings is 1. The van der Waals surface area contributed by atoms with E-state index in [1.54, 1.807) is 24.4 Å². The number of pyridine rings is 1. The molecule has 1 heterocycles. The van der Waals surface area contributed by atoms with Crippen LogP contribution in [-0.4, -0.2) is 10.5 Å². The average Bonchev–Trinajstić information content (AvgIpc) is 2.42. The molecular weight excluding hydrogens is 266 g/mol. The predicted octanol–water partition coefficient (Wildman–Crippen LogP) is 2.08. The highest BCUT2D eigenvalue weighted by Gasteiger charge is 2.06. The number of anilines is 2. The third-order valence-corrected chi connectivity index (χ3v) is 3.27. The van der Waals surface area contributed by atoms with Gasteiger partial charge in [-0.25, -0.2) is 0 Å². The monoisotopic (exact) mass is 285 g/mol. The van der Waals surface area contributed by atoms with Gasteiger partial charge in [0.2, 0.25) is 5.91 Å². The van der Waals surface area contributed by atoms with E-state index >= 15 is 0 Å². The van der Waals surface area contributed by atoms with Crippen LogP contribution >= 0.6 is 0 Å². The summed E-state index contributed by atoms with van der Waals surface area (Å²) in [7, 11) is 0. The first kappa shape index (κ1) is 14.8. The van der Waals surface area contributed by atoms with Crippen LogP contribution in [-0.2, 0) is 11.3 Å². The van der Waals surface area contributed by atoms with Crippen molar-refractivity contribution < 1.29 is 4.79 Å². The van der Waals surface area contributed by atoms with Crippen LogP contribution in [0.5, 0.6) is 0 Å². The number of nitrogens with zero attached hydrogens (tertiary/aromatic N) is 1. The zero-order chi connectivity index (χ0) is 15.4. The van der Waals surface area contributed by atoms with Gasteiger partial charge in [0.15, 0.2) is 0 Å². The molecule has 21 heavy (non-hydrogen) atoms. The van der Waals surface area contributed by atoms with E-state index in [1.165, 1.54) is 4.57 Å². The molecule has 3 N–H and O–H groups in total. The maximum atomic E-state index is 12.0. The minimum Gasteiger partial charge on any atom is -0.399 e. The third kappa shape index (κ3) is 3.95. The second-order valence-electron chi connectivity index (χ2n) is 5.11. The molecule has 110 valence electrons. The zero-order valence-electron chi connectivity index (χ0n) is 12.2. The van der Waals surface area contributed by atoms with Gasteiger partial charge in [0.25, 0.3) is 5.56 Å². The molecule has 1 amide bonds. The Balaban J connectivity index is 1.99. The fourth-order valence-electron chi connectivity index (χ4n) is 2.00. The summed E-state index contributed by atoms with van der Waals surface area (Å²) >= 11 is 0. The normalized spacial score (nSPS) is 10.4. The number of nitrogens with two attached hydrogens (primary N) is 1. The van der Waals surface area contributed by atoms with Gasteiger partial charge >= 0.3 is 0 Å². The quantitative estimate of drug-likeness (QED) is 0.844. The lowest BCUT2D eigenvalue weighted by molar-refractivity contribution is -0.116. The summed E-state index contributed by atoms with van der Waals surface area (Å²) in [5.41, 5.74) is 8.78. The number of hydrogen-bond acceptors (Lipinski definition) is 3. The van der Waals surface area contributed by atoms with Crippen molar-refractivity contribution in [2.75, 3.05) is 11.1 Å². The van der Waals surface area contributed by atoms with Gasteiger partial charge in [-0.15, -0.1) is 0 Å². The summed E-state index contributed by atoms with van der Waals surface area (Å²) in [6.07, 6.45) is 1.94. The Labute approximate surface area is 123 Å². The summed E-state index contributed by atoms with van der Waals surface area (Å²) in [6, 6.07) is 8.78. The minimum absolute atomic E-state index is 0.0945. The zero-order valence-corrected chi connectivity index (χ0v) is 12.2. The Morgan fingerprint density at radius 3 is 2.71 bits per heavy atom. The second-order valence-corrected chi connectivity index (χ2v) is 5.11. The van der Waals surface area contributed by atoms with Gasteiger partial charge in [-0.2, -0.15) is 0 Å². The Hall–Kier alpha value is -2.56. The van der Waals surface area contributed by atoms with Crippen molar-refractivity contribution in [3.8, 4) is 0 Å². The average molecular weight is 285 g/mol. The second kappa shape index (κ2) is 6.26. The van der Waals surface area contributed by atoms with Crippen LogP contribution in [0.3, 0.4) is 0 Å². The molecule has 0 unspecified atom stereocenters. The molecule has 0 spiro atoms. The fourth-order valence-corrected chi connectivity index (χ4v) is 2.00. The molecule has 5 nitrogen and oxygen atoms in total. The lowest BCUT2D eigenvalue weighted by atomic mass is 10.2. The lowest BCUT2D eigenvalue weighted by Gasteiger charge is -2.10. The smallest absolute Gasteiger partial charge is 0.250 e. The number of aryl methyl sites for hydroxylation is 3. The predicted molar refractivity (Wildman–Crippen MR) is 84.3 cm³/mol. The molecule has 0 saturated heterocycles. The first-order chi connectivity index (χ1) is 9.95. The van der Waals surface area contributed by atoms with Crippen LogP contribution in [0.4, 0.5) is 11.4 Å². The summed E-state index contributed by atoms with van der Waals surface area (Å²) in [6.45, 7) is 4.12. The molecule has 0 radical (unpaired) electrons. The molecule has 1 aromatic heterocycles. The molecule has 0 atom stereocenters. The number of nitrogen functional groups attached to an aromatic ring is 1. The van der Waals surface area contributed by atoms with Crippen molar-refractivity contribution in [3.05, 3.63) is 58.0 Å². The van der Waals surface area contributed by atoms with E-state index in [1.807, 2.05) is 26.0 Å². The first-order valence-electron chi connectivity index (χ1n) is 6.79. The molecule has 1 aromatic carbocycles. The topological polar surface area (TPSA) is 77.1 Å². The number of nitrogens with one attached hydrogen (secondary N) is 1. The van der Waals surface area contributed by atoms with Crippen molar-refractivity contribution in [3.63, 3.8) is 0 Å². The van der Waals surface area contributed by atoms with Crippen molar-refractivity contribution in [2.24, 2.45) is 0 Å². The van der Waals surface area contributed by atoms with Gasteiger partial charge in [0, 0.05) is 36.6 Å². The molecule has 2 aromatic rings. The molecule has 0 saturated carbocycles. The summed E-state index contributed by atoms with van der Waals surface area (Å²) in [4.78, 5) is 23.7. The van der Waals surface area contributed by atoms with E-state index in [0.29, 0.717) is 17.9 Å². The van der Waals surface area contributed by atoms with Crippen molar-refractivity contribution in [2.45, 2.75) is 26.8 Å². The highest BCUT2D eigenvalue weighted by molar-refractivity contribution is 5.91. The largest absolute Gasteiger partial charge is 0.399 e. The van der Waals surface area contributed by atoms with Crippen molar-refractivity contribution in [1.29, 1.82) is 0 Å². The van der Waals surface area contributed by atoms with Gasteiger partial charge in [-0.1, -0.05) is 6.07 Å². The van der Waals surface area contributed by atoms with Gasteiger partial charge < -0.3 is 15.6 Å². The number of amides is 1. The molecule has 0 aliphatic carbocycles. The van der Waals surface area contributed by atoms with Crippen LogP contribution in [0.1, 0.15) is 17.5 Å². The van der Waals surface area contributed by atoms with Gasteiger partial charge in [0.05, 0.1) is 0 Å². The van der Waals surface area contributed by atoms with E-state index in [2.05, 4.69) is 5.32 Å². The molecular formula is C16H19N3O2. The van der Waals surface area contributed by atoms with Crippen LogP contribution in [0, 0.1) is 13.8 Å². The molecule has 2 rings (SSSR count). The molecule has 0 aliphatic rings. The Morgan fingerprint density at radius 2 is 2.00 bits per heavy atom. The van der Waals surface area contributed by atoms with E-state index in [0.717, 1.165) is 11.1 Å². The van der Waals surface area contributed by atoms with Crippen molar-refractivity contribution in [1.82, 2.24) is 4.57 Å². The van der Waals surface area contributed by atoms with E-state index in [4.69, 9.17) is 5.73 Å². The van der Waals surface area contributed by atoms with Crippen LogP contribution in [0.25, 0.3) is 0 Å². The minimum atomic E-state index is -0.142.